The zero-order valence-electron chi connectivity index (χ0n) is 15.7. The standard InChI is InChI=1S/C22H22N2O3/c1-15-7-6-8-16(2)22(15)27-14-21(25)24-23-13-17-11-12-20(26-3)19-10-5-4-9-18(17)19/h4-13H,14H2,1-3H3,(H,24,25)/b23-13-. The summed E-state index contributed by atoms with van der Waals surface area (Å²) in [7, 11) is 1.64. The summed E-state index contributed by atoms with van der Waals surface area (Å²) < 4.78 is 11.0. The van der Waals surface area contributed by atoms with Crippen molar-refractivity contribution in [2.45, 2.75) is 13.8 Å². The van der Waals surface area contributed by atoms with Crippen LogP contribution in [0.4, 0.5) is 0 Å². The Hall–Kier alpha value is -3.34. The molecule has 0 aliphatic carbocycles. The van der Waals surface area contributed by atoms with E-state index < -0.39 is 0 Å². The van der Waals surface area contributed by atoms with Crippen LogP contribution in [0.25, 0.3) is 10.8 Å². The van der Waals surface area contributed by atoms with Gasteiger partial charge in [0.25, 0.3) is 5.91 Å². The van der Waals surface area contributed by atoms with Crippen LogP contribution < -0.4 is 14.9 Å². The Morgan fingerprint density at radius 3 is 2.41 bits per heavy atom. The molecular weight excluding hydrogens is 340 g/mol. The summed E-state index contributed by atoms with van der Waals surface area (Å²) in [5.41, 5.74) is 5.39. The monoisotopic (exact) mass is 362 g/mol. The Kier molecular flexibility index (Phi) is 5.71. The first-order valence-corrected chi connectivity index (χ1v) is 8.67. The van der Waals surface area contributed by atoms with Gasteiger partial charge in [-0.3, -0.25) is 4.79 Å². The van der Waals surface area contributed by atoms with Gasteiger partial charge in [0.2, 0.25) is 0 Å². The van der Waals surface area contributed by atoms with Crippen molar-refractivity contribution in [2.24, 2.45) is 5.10 Å². The summed E-state index contributed by atoms with van der Waals surface area (Å²) in [6.07, 6.45) is 1.62. The SMILES string of the molecule is COc1ccc(/C=N\NC(=O)COc2c(C)cccc2C)c2ccccc12. The van der Waals surface area contributed by atoms with Gasteiger partial charge in [0.05, 0.1) is 13.3 Å². The van der Waals surface area contributed by atoms with Crippen molar-refractivity contribution >= 4 is 22.9 Å². The van der Waals surface area contributed by atoms with E-state index in [-0.39, 0.29) is 12.5 Å². The van der Waals surface area contributed by atoms with Gasteiger partial charge in [0.1, 0.15) is 11.5 Å². The average Bonchev–Trinajstić information content (AvgIpc) is 2.67. The third-order valence-electron chi connectivity index (χ3n) is 4.29. The van der Waals surface area contributed by atoms with E-state index in [1.165, 1.54) is 0 Å². The first kappa shape index (κ1) is 18.5. The molecular formula is C22H22N2O3. The third kappa shape index (κ3) is 4.26. The van der Waals surface area contributed by atoms with Crippen molar-refractivity contribution in [1.82, 2.24) is 5.43 Å². The molecule has 3 aromatic rings. The number of ether oxygens (including phenoxy) is 2. The number of carbonyl (C=O) groups excluding carboxylic acids is 1. The lowest BCUT2D eigenvalue weighted by atomic mass is 10.0. The summed E-state index contributed by atoms with van der Waals surface area (Å²) in [5, 5.41) is 6.05. The van der Waals surface area contributed by atoms with Gasteiger partial charge in [-0.05, 0) is 42.5 Å². The Labute approximate surface area is 158 Å². The number of aryl methyl sites for hydroxylation is 2. The second kappa shape index (κ2) is 8.36. The van der Waals surface area contributed by atoms with Crippen molar-refractivity contribution in [2.75, 3.05) is 13.7 Å². The molecule has 0 unspecified atom stereocenters. The van der Waals surface area contributed by atoms with Gasteiger partial charge in [-0.25, -0.2) is 5.43 Å². The molecule has 0 saturated carbocycles. The van der Waals surface area contributed by atoms with Gasteiger partial charge in [0.15, 0.2) is 6.61 Å². The van der Waals surface area contributed by atoms with E-state index >= 15 is 0 Å². The summed E-state index contributed by atoms with van der Waals surface area (Å²) in [6.45, 7) is 3.81. The minimum Gasteiger partial charge on any atom is -0.496 e. The maximum atomic E-state index is 12.0. The van der Waals surface area contributed by atoms with Crippen LogP contribution >= 0.6 is 0 Å². The first-order chi connectivity index (χ1) is 13.1. The number of hydrazone groups is 1. The maximum absolute atomic E-state index is 12.0. The summed E-state index contributed by atoms with van der Waals surface area (Å²) in [6, 6.07) is 17.5. The summed E-state index contributed by atoms with van der Waals surface area (Å²) >= 11 is 0. The quantitative estimate of drug-likeness (QED) is 0.533. The van der Waals surface area contributed by atoms with E-state index in [1.54, 1.807) is 13.3 Å². The highest BCUT2D eigenvalue weighted by atomic mass is 16.5. The molecule has 0 aromatic heterocycles. The molecule has 27 heavy (non-hydrogen) atoms. The number of amides is 1. The highest BCUT2D eigenvalue weighted by Gasteiger charge is 2.07. The summed E-state index contributed by atoms with van der Waals surface area (Å²) in [5.74, 6) is 1.22. The summed E-state index contributed by atoms with van der Waals surface area (Å²) in [4.78, 5) is 12.0. The number of methoxy groups -OCH3 is 1. The molecule has 3 aromatic carbocycles. The number of nitrogens with zero attached hydrogens (tertiary/aromatic N) is 1. The molecule has 0 heterocycles. The van der Waals surface area contributed by atoms with E-state index in [2.05, 4.69) is 10.5 Å². The van der Waals surface area contributed by atoms with E-state index in [1.807, 2.05) is 68.4 Å². The van der Waals surface area contributed by atoms with Crippen LogP contribution in [0.2, 0.25) is 0 Å². The second-order valence-electron chi connectivity index (χ2n) is 6.21. The van der Waals surface area contributed by atoms with Gasteiger partial charge in [-0.15, -0.1) is 0 Å². The first-order valence-electron chi connectivity index (χ1n) is 8.67. The minimum absolute atomic E-state index is 0.0909. The highest BCUT2D eigenvalue weighted by Crippen LogP contribution is 2.27. The Morgan fingerprint density at radius 2 is 1.70 bits per heavy atom. The largest absolute Gasteiger partial charge is 0.496 e. The van der Waals surface area contributed by atoms with Crippen LogP contribution in [0.5, 0.6) is 11.5 Å². The van der Waals surface area contributed by atoms with Gasteiger partial charge in [-0.1, -0.05) is 42.5 Å². The van der Waals surface area contributed by atoms with Gasteiger partial charge < -0.3 is 9.47 Å². The van der Waals surface area contributed by atoms with Crippen molar-refractivity contribution < 1.29 is 14.3 Å². The molecule has 1 N–H and O–H groups in total. The topological polar surface area (TPSA) is 59.9 Å². The molecule has 0 aliphatic heterocycles. The van der Waals surface area contributed by atoms with E-state index in [9.17, 15) is 4.79 Å². The number of hydrogen-bond acceptors (Lipinski definition) is 4. The molecule has 1 amide bonds. The van der Waals surface area contributed by atoms with Gasteiger partial charge >= 0.3 is 0 Å². The van der Waals surface area contributed by atoms with Gasteiger partial charge in [0, 0.05) is 10.9 Å². The Bertz CT molecular complexity index is 976. The van der Waals surface area contributed by atoms with E-state index in [0.717, 1.165) is 39.0 Å². The fraction of sp³-hybridized carbons (Fsp3) is 0.182. The molecule has 0 saturated heterocycles. The molecule has 3 rings (SSSR count). The predicted molar refractivity (Wildman–Crippen MR) is 108 cm³/mol. The number of fused-ring (bicyclic) bond motifs is 1. The number of rotatable bonds is 6. The zero-order chi connectivity index (χ0) is 19.2. The normalized spacial score (nSPS) is 10.9. The van der Waals surface area contributed by atoms with Gasteiger partial charge in [-0.2, -0.15) is 5.10 Å². The van der Waals surface area contributed by atoms with E-state index in [0.29, 0.717) is 0 Å². The number of para-hydroxylation sites is 1. The average molecular weight is 362 g/mol. The predicted octanol–water partition coefficient (Wildman–Crippen LogP) is 3.99. The Balaban J connectivity index is 1.66. The minimum atomic E-state index is -0.313. The lowest BCUT2D eigenvalue weighted by molar-refractivity contribution is -0.123. The fourth-order valence-electron chi connectivity index (χ4n) is 2.96. The van der Waals surface area contributed by atoms with Crippen molar-refractivity contribution in [3.05, 3.63) is 71.3 Å². The van der Waals surface area contributed by atoms with Crippen LogP contribution in [0, 0.1) is 13.8 Å². The van der Waals surface area contributed by atoms with E-state index in [4.69, 9.17) is 9.47 Å². The number of carbonyl (C=O) groups is 1. The zero-order valence-corrected chi connectivity index (χ0v) is 15.7. The molecule has 5 nitrogen and oxygen atoms in total. The number of benzene rings is 3. The number of hydrogen-bond donors (Lipinski definition) is 1. The number of nitrogens with one attached hydrogen (secondary N) is 1. The third-order valence-corrected chi connectivity index (χ3v) is 4.29. The maximum Gasteiger partial charge on any atom is 0.277 e. The Morgan fingerprint density at radius 1 is 1.00 bits per heavy atom. The molecule has 0 fully saturated rings. The molecule has 0 atom stereocenters. The van der Waals surface area contributed by atoms with Crippen molar-refractivity contribution in [1.29, 1.82) is 0 Å². The fourth-order valence-corrected chi connectivity index (χ4v) is 2.96. The highest BCUT2D eigenvalue weighted by molar-refractivity contribution is 6.02. The van der Waals surface area contributed by atoms with Crippen LogP contribution in [0.3, 0.4) is 0 Å². The molecule has 0 spiro atoms. The second-order valence-corrected chi connectivity index (χ2v) is 6.21. The van der Waals surface area contributed by atoms with Crippen LogP contribution in [0.1, 0.15) is 16.7 Å². The molecule has 0 radical (unpaired) electrons. The lowest BCUT2D eigenvalue weighted by Crippen LogP contribution is -2.25. The van der Waals surface area contributed by atoms with Crippen LogP contribution in [-0.2, 0) is 4.79 Å². The lowest BCUT2D eigenvalue weighted by Gasteiger charge is -2.10. The van der Waals surface area contributed by atoms with Crippen LogP contribution in [0.15, 0.2) is 59.7 Å². The smallest absolute Gasteiger partial charge is 0.277 e. The molecule has 138 valence electrons. The molecule has 0 bridgehead atoms. The molecule has 0 aliphatic rings. The molecule has 5 heteroatoms. The van der Waals surface area contributed by atoms with Crippen molar-refractivity contribution in [3.63, 3.8) is 0 Å². The van der Waals surface area contributed by atoms with Crippen molar-refractivity contribution in [3.8, 4) is 11.5 Å². The van der Waals surface area contributed by atoms with Crippen LogP contribution in [-0.4, -0.2) is 25.8 Å².